The van der Waals surface area contributed by atoms with Gasteiger partial charge in [-0.2, -0.15) is 0 Å². The van der Waals surface area contributed by atoms with Gasteiger partial charge in [-0.1, -0.05) is 140 Å². The lowest BCUT2D eigenvalue weighted by atomic mass is 9.94. The maximum absolute atomic E-state index is 6.54. The maximum Gasteiger partial charge on any atom is 0.137 e. The third kappa shape index (κ3) is 5.66. The van der Waals surface area contributed by atoms with Crippen LogP contribution in [0.2, 0.25) is 0 Å². The Kier molecular flexibility index (Phi) is 7.67. The average molecular weight is 697 g/mol. The van der Waals surface area contributed by atoms with Crippen LogP contribution < -0.4 is 4.90 Å². The Labute approximate surface area is 311 Å². The van der Waals surface area contributed by atoms with Crippen LogP contribution in [0.1, 0.15) is 0 Å². The van der Waals surface area contributed by atoms with Crippen molar-refractivity contribution in [3.8, 4) is 44.0 Å². The van der Waals surface area contributed by atoms with Crippen molar-refractivity contribution in [3.05, 3.63) is 194 Å². The lowest BCUT2D eigenvalue weighted by Gasteiger charge is -2.28. The number of benzene rings is 8. The molecule has 0 aliphatic rings. The molecule has 8 aromatic carbocycles. The van der Waals surface area contributed by atoms with Crippen molar-refractivity contribution >= 4 is 60.6 Å². The van der Waals surface area contributed by atoms with Crippen molar-refractivity contribution in [2.75, 3.05) is 4.90 Å². The number of hydrogen-bond acceptors (Lipinski definition) is 4. The monoisotopic (exact) mass is 696 g/mol. The molecule has 0 saturated heterocycles. The number of hydrogen-bond donors (Lipinski definition) is 0. The molecule has 0 radical (unpaired) electrons. The average Bonchev–Trinajstić information content (AvgIpc) is 3.82. The highest BCUT2D eigenvalue weighted by atomic mass is 32.1. The van der Waals surface area contributed by atoms with Gasteiger partial charge in [0.1, 0.15) is 16.2 Å². The number of anilines is 3. The molecule has 10 rings (SSSR count). The van der Waals surface area contributed by atoms with Gasteiger partial charge in [-0.05, 0) is 76.3 Å². The lowest BCUT2D eigenvalue weighted by molar-refractivity contribution is 0.669. The molecular formula is C49H32N2OS. The highest BCUT2D eigenvalue weighted by molar-refractivity contribution is 7.21. The van der Waals surface area contributed by atoms with Crippen LogP contribution in [0.4, 0.5) is 17.1 Å². The first-order valence-electron chi connectivity index (χ1n) is 17.8. The second kappa shape index (κ2) is 13.1. The molecule has 0 saturated carbocycles. The molecule has 53 heavy (non-hydrogen) atoms. The van der Waals surface area contributed by atoms with E-state index < -0.39 is 0 Å². The number of furan rings is 1. The molecule has 0 N–H and O–H groups in total. The Bertz CT molecular complexity index is 2860. The quantitative estimate of drug-likeness (QED) is 0.166. The highest BCUT2D eigenvalue weighted by Crippen LogP contribution is 2.45. The Balaban J connectivity index is 1.14. The number of para-hydroxylation sites is 1. The second-order valence-electron chi connectivity index (χ2n) is 13.2. The molecule has 0 bridgehead atoms. The molecule has 2 aromatic heterocycles. The molecule has 0 unspecified atom stereocenters. The number of aromatic nitrogens is 1. The zero-order valence-electron chi connectivity index (χ0n) is 28.7. The van der Waals surface area contributed by atoms with Gasteiger partial charge in [0.15, 0.2) is 0 Å². The minimum Gasteiger partial charge on any atom is -0.456 e. The van der Waals surface area contributed by atoms with Gasteiger partial charge in [-0.25, -0.2) is 4.98 Å². The van der Waals surface area contributed by atoms with E-state index in [1.54, 1.807) is 11.3 Å². The van der Waals surface area contributed by atoms with Gasteiger partial charge in [-0.3, -0.25) is 0 Å². The Morgan fingerprint density at radius 2 is 1.04 bits per heavy atom. The van der Waals surface area contributed by atoms with Crippen LogP contribution in [-0.2, 0) is 0 Å². The van der Waals surface area contributed by atoms with E-state index in [1.165, 1.54) is 11.1 Å². The molecule has 0 atom stereocenters. The number of thiazole rings is 1. The fraction of sp³-hybridized carbons (Fsp3) is 0. The fourth-order valence-corrected chi connectivity index (χ4v) is 8.36. The summed E-state index contributed by atoms with van der Waals surface area (Å²) in [5.74, 6) is 0. The van der Waals surface area contributed by atoms with E-state index in [0.29, 0.717) is 0 Å². The number of nitrogens with zero attached hydrogens (tertiary/aromatic N) is 2. The van der Waals surface area contributed by atoms with E-state index in [2.05, 4.69) is 193 Å². The van der Waals surface area contributed by atoms with E-state index in [1.807, 2.05) is 6.07 Å². The molecule has 0 amide bonds. The van der Waals surface area contributed by atoms with E-state index >= 15 is 0 Å². The summed E-state index contributed by atoms with van der Waals surface area (Å²) in [5.41, 5.74) is 14.0. The summed E-state index contributed by atoms with van der Waals surface area (Å²) in [5, 5.41) is 3.18. The summed E-state index contributed by atoms with van der Waals surface area (Å²) in [7, 11) is 0. The Morgan fingerprint density at radius 1 is 0.434 bits per heavy atom. The first kappa shape index (κ1) is 31.0. The molecule has 0 aliphatic heterocycles. The van der Waals surface area contributed by atoms with Crippen LogP contribution in [0.25, 0.3) is 76.1 Å². The van der Waals surface area contributed by atoms with Crippen molar-refractivity contribution in [1.82, 2.24) is 4.98 Å². The van der Waals surface area contributed by atoms with Crippen molar-refractivity contribution in [1.29, 1.82) is 0 Å². The van der Waals surface area contributed by atoms with Gasteiger partial charge in [0.05, 0.1) is 15.9 Å². The topological polar surface area (TPSA) is 29.3 Å². The summed E-state index contributed by atoms with van der Waals surface area (Å²) < 4.78 is 7.66. The van der Waals surface area contributed by atoms with Gasteiger partial charge >= 0.3 is 0 Å². The summed E-state index contributed by atoms with van der Waals surface area (Å²) in [6, 6.07) is 68.7. The lowest BCUT2D eigenvalue weighted by Crippen LogP contribution is -2.11. The number of rotatable bonds is 7. The normalized spacial score (nSPS) is 11.4. The fourth-order valence-electron chi connectivity index (χ4n) is 7.38. The van der Waals surface area contributed by atoms with Gasteiger partial charge in [0.25, 0.3) is 0 Å². The third-order valence-corrected chi connectivity index (χ3v) is 11.0. The minimum absolute atomic E-state index is 0.869. The molecule has 250 valence electrons. The number of fused-ring (bicyclic) bond motifs is 4. The van der Waals surface area contributed by atoms with Crippen molar-refractivity contribution in [2.24, 2.45) is 0 Å². The summed E-state index contributed by atoms with van der Waals surface area (Å²) >= 11 is 1.70. The van der Waals surface area contributed by atoms with Crippen molar-refractivity contribution < 1.29 is 4.42 Å². The molecule has 0 aliphatic carbocycles. The SMILES string of the molecule is c1ccc(-c2ccc(N(c3ccccc3)c3ccc(-c4cccc5oc6cc7sc(-c8ccccc8)nc7cc6c45)cc3-c3ccccc3)cc2)cc1. The second-order valence-corrected chi connectivity index (χ2v) is 14.2. The van der Waals surface area contributed by atoms with Crippen LogP contribution in [0.3, 0.4) is 0 Å². The maximum atomic E-state index is 6.54. The zero-order chi connectivity index (χ0) is 35.1. The standard InChI is InChI=1S/C49H32N2OS/c1-5-14-33(15-6-1)34-24-27-39(28-25-34)51(38-20-11-4-12-21-38)44-29-26-37(30-41(44)35-16-7-2-8-17-35)40-22-13-23-45-48(40)42-31-43-47(32-46(42)52-45)53-49(50-43)36-18-9-3-10-19-36/h1-32H. The summed E-state index contributed by atoms with van der Waals surface area (Å²) in [6.45, 7) is 0. The van der Waals surface area contributed by atoms with Crippen LogP contribution in [0, 0.1) is 0 Å². The van der Waals surface area contributed by atoms with Crippen LogP contribution in [0.5, 0.6) is 0 Å². The van der Waals surface area contributed by atoms with Crippen LogP contribution in [0.15, 0.2) is 199 Å². The van der Waals surface area contributed by atoms with Gasteiger partial charge in [0, 0.05) is 39.3 Å². The predicted molar refractivity (Wildman–Crippen MR) is 223 cm³/mol. The molecule has 10 aromatic rings. The molecule has 4 heteroatoms. The molecule has 0 spiro atoms. The smallest absolute Gasteiger partial charge is 0.137 e. The van der Waals surface area contributed by atoms with Crippen molar-refractivity contribution in [3.63, 3.8) is 0 Å². The Hall–Kier alpha value is -6.75. The first-order chi connectivity index (χ1) is 26.3. The predicted octanol–water partition coefficient (Wildman–Crippen LogP) is 14.3. The summed E-state index contributed by atoms with van der Waals surface area (Å²) in [6.07, 6.45) is 0. The Morgan fingerprint density at radius 3 is 1.75 bits per heavy atom. The van der Waals surface area contributed by atoms with E-state index in [-0.39, 0.29) is 0 Å². The van der Waals surface area contributed by atoms with Gasteiger partial charge < -0.3 is 9.32 Å². The molecule has 0 fully saturated rings. The highest BCUT2D eigenvalue weighted by Gasteiger charge is 2.21. The summed E-state index contributed by atoms with van der Waals surface area (Å²) in [4.78, 5) is 7.42. The largest absolute Gasteiger partial charge is 0.456 e. The van der Waals surface area contributed by atoms with Crippen molar-refractivity contribution in [2.45, 2.75) is 0 Å². The van der Waals surface area contributed by atoms with Gasteiger partial charge in [-0.15, -0.1) is 11.3 Å². The van der Waals surface area contributed by atoms with Gasteiger partial charge in [0.2, 0.25) is 0 Å². The third-order valence-electron chi connectivity index (χ3n) is 9.91. The molecule has 3 nitrogen and oxygen atoms in total. The van der Waals surface area contributed by atoms with E-state index in [4.69, 9.17) is 9.40 Å². The zero-order valence-corrected chi connectivity index (χ0v) is 29.5. The van der Waals surface area contributed by atoms with Crippen LogP contribution in [-0.4, -0.2) is 4.98 Å². The molecule has 2 heterocycles. The first-order valence-corrected chi connectivity index (χ1v) is 18.6. The van der Waals surface area contributed by atoms with Crippen LogP contribution >= 0.6 is 11.3 Å². The minimum atomic E-state index is 0.869. The van der Waals surface area contributed by atoms with E-state index in [9.17, 15) is 0 Å². The van der Waals surface area contributed by atoms with E-state index in [0.717, 1.165) is 82.0 Å². The molecular weight excluding hydrogens is 665 g/mol.